The van der Waals surface area contributed by atoms with Gasteiger partial charge in [0, 0.05) is 35.1 Å². The minimum Gasteiger partial charge on any atom is -0.507 e. The zero-order valence-electron chi connectivity index (χ0n) is 14.3. The lowest BCUT2D eigenvalue weighted by molar-refractivity contribution is -0.139. The van der Waals surface area contributed by atoms with Crippen LogP contribution in [0.1, 0.15) is 62.4 Å². The fraction of sp³-hybridized carbons (Fsp3) is 0.250. The molecule has 2 aromatic carbocycles. The summed E-state index contributed by atoms with van der Waals surface area (Å²) in [5.74, 6) is -3.12. The smallest absolute Gasteiger partial charge is 0.198 e. The van der Waals surface area contributed by atoms with Crippen molar-refractivity contribution in [1.82, 2.24) is 0 Å². The van der Waals surface area contributed by atoms with Gasteiger partial charge < -0.3 is 20.4 Å². The monoisotopic (exact) mass is 368 g/mol. The predicted octanol–water partition coefficient (Wildman–Crippen LogP) is 1.17. The van der Waals surface area contributed by atoms with Crippen LogP contribution in [-0.4, -0.2) is 43.4 Å². The van der Waals surface area contributed by atoms with Crippen molar-refractivity contribution < 1.29 is 34.8 Å². The number of aromatic hydroxyl groups is 2. The lowest BCUT2D eigenvalue weighted by Crippen LogP contribution is -2.44. The van der Waals surface area contributed by atoms with Crippen molar-refractivity contribution in [1.29, 1.82) is 0 Å². The molecule has 2 aliphatic rings. The van der Waals surface area contributed by atoms with Gasteiger partial charge in [0.15, 0.2) is 17.3 Å². The maximum atomic E-state index is 12.9. The molecule has 0 radical (unpaired) electrons. The largest absolute Gasteiger partial charge is 0.507 e. The standard InChI is InChI=1S/C20H16O7/c1-8(21)20(27)6-11-13(12(22)7-20)19(26)15-14(18(11)25)16(23)9-4-2-3-5-10(9)17(15)24/h2-5,12,22,25-27H,6-7H2,1H3/t12?,20-/m0/s1. The van der Waals surface area contributed by atoms with Crippen LogP contribution in [0.2, 0.25) is 0 Å². The molecule has 0 spiro atoms. The molecule has 7 heteroatoms. The summed E-state index contributed by atoms with van der Waals surface area (Å²) in [6.07, 6.45) is -2.26. The molecule has 0 fully saturated rings. The highest BCUT2D eigenvalue weighted by Crippen LogP contribution is 2.50. The molecular weight excluding hydrogens is 352 g/mol. The predicted molar refractivity (Wildman–Crippen MR) is 92.0 cm³/mol. The molecule has 27 heavy (non-hydrogen) atoms. The maximum absolute atomic E-state index is 12.9. The van der Waals surface area contributed by atoms with Gasteiger partial charge in [-0.25, -0.2) is 0 Å². The van der Waals surface area contributed by atoms with Crippen LogP contribution in [0.5, 0.6) is 11.5 Å². The Labute approximate surface area is 153 Å². The van der Waals surface area contributed by atoms with E-state index in [0.29, 0.717) is 0 Å². The third-order valence-electron chi connectivity index (χ3n) is 5.45. The number of hydrogen-bond acceptors (Lipinski definition) is 7. The first-order chi connectivity index (χ1) is 12.7. The fourth-order valence-corrected chi connectivity index (χ4v) is 3.98. The van der Waals surface area contributed by atoms with Crippen LogP contribution in [0.4, 0.5) is 0 Å². The number of benzene rings is 2. The van der Waals surface area contributed by atoms with Crippen molar-refractivity contribution >= 4 is 17.3 Å². The molecule has 7 nitrogen and oxygen atoms in total. The van der Waals surface area contributed by atoms with Crippen LogP contribution in [0, 0.1) is 0 Å². The summed E-state index contributed by atoms with van der Waals surface area (Å²) in [5.41, 5.74) is -2.76. The molecule has 0 aliphatic heterocycles. The summed E-state index contributed by atoms with van der Waals surface area (Å²) < 4.78 is 0. The van der Waals surface area contributed by atoms with E-state index in [1.54, 1.807) is 12.1 Å². The second-order valence-electron chi connectivity index (χ2n) is 7.03. The molecule has 138 valence electrons. The topological polar surface area (TPSA) is 132 Å². The van der Waals surface area contributed by atoms with Gasteiger partial charge in [0.05, 0.1) is 17.2 Å². The normalized spacial score (nSPS) is 23.4. The van der Waals surface area contributed by atoms with E-state index in [4.69, 9.17) is 0 Å². The van der Waals surface area contributed by atoms with Gasteiger partial charge in [-0.1, -0.05) is 24.3 Å². The van der Waals surface area contributed by atoms with Crippen LogP contribution < -0.4 is 0 Å². The number of rotatable bonds is 1. The van der Waals surface area contributed by atoms with E-state index in [-0.39, 0.29) is 46.2 Å². The number of phenolic OH excluding ortho intramolecular Hbond substituents is 2. The van der Waals surface area contributed by atoms with Gasteiger partial charge in [0.2, 0.25) is 0 Å². The highest BCUT2D eigenvalue weighted by Gasteiger charge is 2.46. The van der Waals surface area contributed by atoms with Gasteiger partial charge in [-0.05, 0) is 6.92 Å². The Balaban J connectivity index is 2.04. The molecule has 0 heterocycles. The zero-order valence-corrected chi connectivity index (χ0v) is 14.3. The number of aliphatic hydroxyl groups is 2. The molecule has 2 aliphatic carbocycles. The third-order valence-corrected chi connectivity index (χ3v) is 5.45. The van der Waals surface area contributed by atoms with E-state index in [2.05, 4.69) is 0 Å². The average molecular weight is 368 g/mol. The first-order valence-electron chi connectivity index (χ1n) is 8.38. The van der Waals surface area contributed by atoms with E-state index in [1.807, 2.05) is 0 Å². The van der Waals surface area contributed by atoms with Crippen molar-refractivity contribution in [3.05, 3.63) is 57.6 Å². The van der Waals surface area contributed by atoms with E-state index < -0.39 is 40.6 Å². The van der Waals surface area contributed by atoms with Gasteiger partial charge in [0.25, 0.3) is 0 Å². The minimum atomic E-state index is -1.94. The molecule has 0 amide bonds. The van der Waals surface area contributed by atoms with Crippen LogP contribution in [-0.2, 0) is 11.2 Å². The first kappa shape index (κ1) is 17.4. The van der Waals surface area contributed by atoms with Crippen molar-refractivity contribution in [2.45, 2.75) is 31.5 Å². The van der Waals surface area contributed by atoms with Crippen molar-refractivity contribution in [2.24, 2.45) is 0 Å². The molecule has 0 saturated carbocycles. The summed E-state index contributed by atoms with van der Waals surface area (Å²) >= 11 is 0. The number of carbonyl (C=O) groups excluding carboxylic acids is 3. The molecule has 0 saturated heterocycles. The summed E-state index contributed by atoms with van der Waals surface area (Å²) in [4.78, 5) is 37.5. The van der Waals surface area contributed by atoms with Crippen molar-refractivity contribution in [3.8, 4) is 11.5 Å². The maximum Gasteiger partial charge on any atom is 0.198 e. The number of ketones is 3. The molecule has 4 rings (SSSR count). The van der Waals surface area contributed by atoms with Crippen LogP contribution in [0.15, 0.2) is 24.3 Å². The van der Waals surface area contributed by atoms with E-state index in [0.717, 1.165) is 6.92 Å². The minimum absolute atomic E-state index is 0.0860. The summed E-state index contributed by atoms with van der Waals surface area (Å²) in [7, 11) is 0. The Morgan fingerprint density at radius 3 is 2.07 bits per heavy atom. The Hall–Kier alpha value is -3.03. The summed E-state index contributed by atoms with van der Waals surface area (Å²) in [5, 5.41) is 42.3. The van der Waals surface area contributed by atoms with Gasteiger partial charge in [0.1, 0.15) is 17.1 Å². The Bertz CT molecular complexity index is 1050. The molecule has 1 unspecified atom stereocenters. The lowest BCUT2D eigenvalue weighted by Gasteiger charge is -2.36. The zero-order chi connectivity index (χ0) is 19.7. The molecule has 0 aromatic heterocycles. The van der Waals surface area contributed by atoms with Gasteiger partial charge in [-0.3, -0.25) is 14.4 Å². The first-order valence-corrected chi connectivity index (χ1v) is 8.38. The van der Waals surface area contributed by atoms with E-state index >= 15 is 0 Å². The average Bonchev–Trinajstić information content (AvgIpc) is 2.62. The second-order valence-corrected chi connectivity index (χ2v) is 7.03. The van der Waals surface area contributed by atoms with Crippen LogP contribution in [0.25, 0.3) is 0 Å². The number of fused-ring (bicyclic) bond motifs is 3. The Kier molecular flexibility index (Phi) is 3.53. The second kappa shape index (κ2) is 5.48. The SMILES string of the molecule is CC(=O)[C@]1(O)Cc2c(O)c3c(c(O)c2C(O)C1)C(=O)c1ccccc1C3=O. The van der Waals surface area contributed by atoms with Gasteiger partial charge in [-0.2, -0.15) is 0 Å². The van der Waals surface area contributed by atoms with Crippen LogP contribution >= 0.6 is 0 Å². The van der Waals surface area contributed by atoms with Gasteiger partial charge in [-0.15, -0.1) is 0 Å². The Morgan fingerprint density at radius 2 is 1.56 bits per heavy atom. The summed E-state index contributed by atoms with van der Waals surface area (Å²) in [6, 6.07) is 6.03. The lowest BCUT2D eigenvalue weighted by atomic mass is 9.72. The number of aliphatic hydroxyl groups excluding tert-OH is 1. The molecular formula is C20H16O7. The molecule has 0 bridgehead atoms. The number of carbonyl (C=O) groups is 3. The highest BCUT2D eigenvalue weighted by atomic mass is 16.3. The summed E-state index contributed by atoms with van der Waals surface area (Å²) in [6.45, 7) is 1.15. The molecule has 4 N–H and O–H groups in total. The molecule has 2 atom stereocenters. The third kappa shape index (κ3) is 2.19. The van der Waals surface area contributed by atoms with Gasteiger partial charge >= 0.3 is 0 Å². The van der Waals surface area contributed by atoms with Crippen LogP contribution in [0.3, 0.4) is 0 Å². The quantitative estimate of drug-likeness (QED) is 0.474. The molecule has 2 aromatic rings. The Morgan fingerprint density at radius 1 is 1.04 bits per heavy atom. The number of hydrogen-bond donors (Lipinski definition) is 4. The number of Topliss-reactive ketones (excluding diaryl/α,β-unsaturated/α-hetero) is 1. The van der Waals surface area contributed by atoms with E-state index in [1.165, 1.54) is 12.1 Å². The van der Waals surface area contributed by atoms with E-state index in [9.17, 15) is 34.8 Å². The highest BCUT2D eigenvalue weighted by molar-refractivity contribution is 6.30. The van der Waals surface area contributed by atoms with Crippen molar-refractivity contribution in [3.63, 3.8) is 0 Å². The fourth-order valence-electron chi connectivity index (χ4n) is 3.98. The van der Waals surface area contributed by atoms with Crippen molar-refractivity contribution in [2.75, 3.05) is 0 Å². The number of phenols is 2.